The summed E-state index contributed by atoms with van der Waals surface area (Å²) >= 11 is 5.20. The quantitative estimate of drug-likeness (QED) is 0.702. The molecule has 2 heteroatoms. The number of hydrogen-bond acceptors (Lipinski definition) is 2. The summed E-state index contributed by atoms with van der Waals surface area (Å²) in [6, 6.07) is 6.22. The molecule has 0 saturated carbocycles. The molecule has 0 atom stereocenters. The third kappa shape index (κ3) is 1.89. The van der Waals surface area contributed by atoms with E-state index in [0.717, 1.165) is 10.6 Å². The van der Waals surface area contributed by atoms with Crippen molar-refractivity contribution in [2.24, 2.45) is 0 Å². The topological polar surface area (TPSA) is 12.0 Å². The van der Waals surface area contributed by atoms with Crippen molar-refractivity contribution >= 4 is 18.3 Å². The highest BCUT2D eigenvalue weighted by molar-refractivity contribution is 7.59. The largest absolute Gasteiger partial charge is 0.778 e. The molecule has 1 aromatic rings. The van der Waals surface area contributed by atoms with Crippen LogP contribution in [0.3, 0.4) is 0 Å². The molecule has 66 valence electrons. The molecule has 1 rings (SSSR count). The van der Waals surface area contributed by atoms with E-state index in [1.54, 1.807) is 0 Å². The van der Waals surface area contributed by atoms with Gasteiger partial charge in [0.1, 0.15) is 0 Å². The van der Waals surface area contributed by atoms with Crippen molar-refractivity contribution in [3.63, 3.8) is 0 Å². The Labute approximate surface area is 79.6 Å². The van der Waals surface area contributed by atoms with E-state index >= 15 is 0 Å². The van der Waals surface area contributed by atoms with Gasteiger partial charge in [0.2, 0.25) is 0 Å². The molecule has 0 spiro atoms. The van der Waals surface area contributed by atoms with Crippen molar-refractivity contribution in [2.75, 3.05) is 12.4 Å². The fraction of sp³-hybridized carbons (Fsp3) is 0.400. The second-order valence-electron chi connectivity index (χ2n) is 3.16. The van der Waals surface area contributed by atoms with E-state index in [-0.39, 0.29) is 0 Å². The van der Waals surface area contributed by atoms with Gasteiger partial charge in [0.05, 0.1) is 0 Å². The molecule has 1 aromatic carbocycles. The van der Waals surface area contributed by atoms with Crippen molar-refractivity contribution in [3.8, 4) is 0 Å². The number of anilines is 1. The summed E-state index contributed by atoms with van der Waals surface area (Å²) in [6.07, 6.45) is 0. The average molecular weight is 180 g/mol. The lowest BCUT2D eigenvalue weighted by molar-refractivity contribution is 0.862. The van der Waals surface area contributed by atoms with E-state index in [0.29, 0.717) is 5.92 Å². The predicted octanol–water partition coefficient (Wildman–Crippen LogP) is 2.76. The molecule has 0 bridgehead atoms. The summed E-state index contributed by atoms with van der Waals surface area (Å²) in [7, 11) is 1.89. The molecular weight excluding hydrogens is 166 g/mol. The van der Waals surface area contributed by atoms with Gasteiger partial charge in [-0.1, -0.05) is 26.0 Å². The van der Waals surface area contributed by atoms with Gasteiger partial charge < -0.3 is 17.9 Å². The molecule has 0 aliphatic heterocycles. The van der Waals surface area contributed by atoms with Crippen LogP contribution in [0.15, 0.2) is 23.1 Å². The van der Waals surface area contributed by atoms with Gasteiger partial charge in [-0.05, 0) is 17.5 Å². The number of hydrogen-bond donors (Lipinski definition) is 1. The standard InChI is InChI=1S/C10H15NS/c1-7(2)8-4-5-9(11-3)10(12)6-8/h4-7,11-12H,1-3H3/p-1. The number of benzene rings is 1. The van der Waals surface area contributed by atoms with E-state index in [2.05, 4.69) is 31.3 Å². The van der Waals surface area contributed by atoms with Gasteiger partial charge in [0.15, 0.2) is 0 Å². The Bertz CT molecular complexity index is 269. The van der Waals surface area contributed by atoms with E-state index in [1.807, 2.05) is 13.1 Å². The zero-order valence-corrected chi connectivity index (χ0v) is 8.53. The Balaban J connectivity index is 3.02. The summed E-state index contributed by atoms with van der Waals surface area (Å²) in [5, 5.41) is 3.06. The third-order valence-corrected chi connectivity index (χ3v) is 2.28. The Morgan fingerprint density at radius 2 is 2.00 bits per heavy atom. The molecule has 0 heterocycles. The first kappa shape index (κ1) is 9.33. The van der Waals surface area contributed by atoms with Crippen LogP contribution in [0.1, 0.15) is 25.3 Å². The van der Waals surface area contributed by atoms with Crippen molar-refractivity contribution in [1.82, 2.24) is 0 Å². The van der Waals surface area contributed by atoms with Crippen LogP contribution < -0.4 is 5.32 Å². The highest BCUT2D eigenvalue weighted by atomic mass is 32.1. The molecule has 0 fully saturated rings. The Morgan fingerprint density at radius 3 is 2.42 bits per heavy atom. The summed E-state index contributed by atoms with van der Waals surface area (Å²) < 4.78 is 0. The summed E-state index contributed by atoms with van der Waals surface area (Å²) in [6.45, 7) is 4.34. The van der Waals surface area contributed by atoms with Crippen molar-refractivity contribution in [3.05, 3.63) is 23.8 Å². The van der Waals surface area contributed by atoms with E-state index in [9.17, 15) is 0 Å². The van der Waals surface area contributed by atoms with Gasteiger partial charge in [0.25, 0.3) is 0 Å². The minimum Gasteiger partial charge on any atom is -0.778 e. The SMILES string of the molecule is CNc1ccc(C(C)C)cc1[S-]. The van der Waals surface area contributed by atoms with Crippen molar-refractivity contribution < 1.29 is 0 Å². The molecule has 12 heavy (non-hydrogen) atoms. The first-order valence-corrected chi connectivity index (χ1v) is 4.54. The van der Waals surface area contributed by atoms with E-state index in [4.69, 9.17) is 12.6 Å². The minimum absolute atomic E-state index is 0.553. The second kappa shape index (κ2) is 3.76. The first-order chi connectivity index (χ1) is 5.65. The molecule has 1 N–H and O–H groups in total. The van der Waals surface area contributed by atoms with Crippen LogP contribution in [-0.4, -0.2) is 7.05 Å². The van der Waals surface area contributed by atoms with Gasteiger partial charge in [-0.3, -0.25) is 0 Å². The maximum atomic E-state index is 5.20. The molecule has 0 unspecified atom stereocenters. The maximum Gasteiger partial charge on any atom is 0.0143 e. The van der Waals surface area contributed by atoms with Crippen LogP contribution in [0, 0.1) is 0 Å². The van der Waals surface area contributed by atoms with Gasteiger partial charge in [-0.2, -0.15) is 4.90 Å². The van der Waals surface area contributed by atoms with Crippen LogP contribution >= 0.6 is 0 Å². The highest BCUT2D eigenvalue weighted by Gasteiger charge is 1.97. The maximum absolute atomic E-state index is 5.20. The average Bonchev–Trinajstić information content (AvgIpc) is 2.04. The molecule has 1 nitrogen and oxygen atoms in total. The molecule has 0 aromatic heterocycles. The van der Waals surface area contributed by atoms with Gasteiger partial charge in [-0.15, -0.1) is 0 Å². The van der Waals surface area contributed by atoms with Crippen molar-refractivity contribution in [2.45, 2.75) is 24.7 Å². The van der Waals surface area contributed by atoms with Crippen LogP contribution in [0.4, 0.5) is 5.69 Å². The highest BCUT2D eigenvalue weighted by Crippen LogP contribution is 2.21. The summed E-state index contributed by atoms with van der Waals surface area (Å²) in [4.78, 5) is 0.906. The normalized spacial score (nSPS) is 10.3. The molecule has 0 radical (unpaired) electrons. The molecule has 0 saturated heterocycles. The monoisotopic (exact) mass is 180 g/mol. The van der Waals surface area contributed by atoms with Gasteiger partial charge in [-0.25, -0.2) is 0 Å². The lowest BCUT2D eigenvalue weighted by Crippen LogP contribution is -1.93. The lowest BCUT2D eigenvalue weighted by atomic mass is 10.0. The predicted molar refractivity (Wildman–Crippen MR) is 55.7 cm³/mol. The fourth-order valence-electron chi connectivity index (χ4n) is 1.10. The Hall–Kier alpha value is -0.760. The third-order valence-electron chi connectivity index (χ3n) is 1.94. The van der Waals surface area contributed by atoms with Gasteiger partial charge >= 0.3 is 0 Å². The second-order valence-corrected chi connectivity index (χ2v) is 3.60. The van der Waals surface area contributed by atoms with Crippen molar-refractivity contribution in [1.29, 1.82) is 0 Å². The minimum atomic E-state index is 0.553. The molecular formula is C10H14NS-. The first-order valence-electron chi connectivity index (χ1n) is 4.14. The molecule has 0 aliphatic carbocycles. The Morgan fingerprint density at radius 1 is 1.33 bits per heavy atom. The number of nitrogens with one attached hydrogen (secondary N) is 1. The van der Waals surface area contributed by atoms with Crippen LogP contribution in [0.2, 0.25) is 0 Å². The van der Waals surface area contributed by atoms with E-state index in [1.165, 1.54) is 5.56 Å². The summed E-state index contributed by atoms with van der Waals surface area (Å²) in [5.74, 6) is 0.553. The smallest absolute Gasteiger partial charge is 0.0143 e. The van der Waals surface area contributed by atoms with E-state index < -0.39 is 0 Å². The fourth-order valence-corrected chi connectivity index (χ4v) is 1.41. The zero-order chi connectivity index (χ0) is 9.14. The summed E-state index contributed by atoms with van der Waals surface area (Å²) in [5.41, 5.74) is 2.34. The van der Waals surface area contributed by atoms with Crippen LogP contribution in [0.5, 0.6) is 0 Å². The van der Waals surface area contributed by atoms with Gasteiger partial charge in [0, 0.05) is 12.7 Å². The van der Waals surface area contributed by atoms with Crippen LogP contribution in [-0.2, 0) is 12.6 Å². The molecule has 0 aliphatic rings. The number of rotatable bonds is 2. The Kier molecular flexibility index (Phi) is 2.93. The lowest BCUT2D eigenvalue weighted by Gasteiger charge is -2.16. The molecule has 0 amide bonds. The van der Waals surface area contributed by atoms with Crippen LogP contribution in [0.25, 0.3) is 0 Å². The zero-order valence-electron chi connectivity index (χ0n) is 7.72.